The Morgan fingerprint density at radius 3 is 2.78 bits per heavy atom. The van der Waals surface area contributed by atoms with Crippen LogP contribution in [0.4, 0.5) is 0 Å². The first-order valence-corrected chi connectivity index (χ1v) is 6.84. The van der Waals surface area contributed by atoms with Crippen LogP contribution in [0.25, 0.3) is 0 Å². The van der Waals surface area contributed by atoms with Crippen LogP contribution < -0.4 is 10.6 Å². The molecule has 0 aromatic carbocycles. The predicted octanol–water partition coefficient (Wildman–Crippen LogP) is 0.744. The second-order valence-corrected chi connectivity index (χ2v) is 5.56. The molecular formula is C13H22N2O3. The number of hydrogen-bond donors (Lipinski definition) is 3. The Labute approximate surface area is 107 Å². The highest BCUT2D eigenvalue weighted by atomic mass is 16.4. The van der Waals surface area contributed by atoms with Crippen LogP contribution in [-0.4, -0.2) is 35.6 Å². The first kappa shape index (κ1) is 13.3. The molecule has 0 aromatic heterocycles. The van der Waals surface area contributed by atoms with Crippen LogP contribution in [-0.2, 0) is 9.59 Å². The fourth-order valence-electron chi connectivity index (χ4n) is 2.99. The van der Waals surface area contributed by atoms with E-state index in [0.717, 1.165) is 19.3 Å². The molecule has 0 radical (unpaired) electrons. The summed E-state index contributed by atoms with van der Waals surface area (Å²) in [6.45, 7) is 2.29. The molecule has 0 aromatic rings. The van der Waals surface area contributed by atoms with Crippen molar-refractivity contribution in [2.24, 2.45) is 11.8 Å². The van der Waals surface area contributed by atoms with Crippen molar-refractivity contribution in [2.45, 2.75) is 51.1 Å². The van der Waals surface area contributed by atoms with E-state index in [1.165, 1.54) is 6.42 Å². The monoisotopic (exact) mass is 254 g/mol. The summed E-state index contributed by atoms with van der Waals surface area (Å²) in [7, 11) is 0. The van der Waals surface area contributed by atoms with Crippen molar-refractivity contribution in [1.29, 1.82) is 0 Å². The number of fused-ring (bicyclic) bond motifs is 2. The lowest BCUT2D eigenvalue weighted by atomic mass is 9.88. The van der Waals surface area contributed by atoms with Gasteiger partial charge in [0.15, 0.2) is 0 Å². The first-order chi connectivity index (χ1) is 8.58. The molecule has 0 spiro atoms. The number of carboxylic acid groups (broad SMARTS) is 1. The van der Waals surface area contributed by atoms with Crippen molar-refractivity contribution in [3.63, 3.8) is 0 Å². The molecule has 2 aliphatic rings. The smallest absolute Gasteiger partial charge is 0.306 e. The number of rotatable bonds is 6. The molecule has 2 saturated heterocycles. The summed E-state index contributed by atoms with van der Waals surface area (Å²) in [6.07, 6.45) is 4.61. The Morgan fingerprint density at radius 1 is 1.44 bits per heavy atom. The van der Waals surface area contributed by atoms with Crippen molar-refractivity contribution in [3.8, 4) is 0 Å². The van der Waals surface area contributed by atoms with E-state index < -0.39 is 5.97 Å². The predicted molar refractivity (Wildman–Crippen MR) is 67.1 cm³/mol. The zero-order chi connectivity index (χ0) is 13.1. The van der Waals surface area contributed by atoms with Crippen LogP contribution >= 0.6 is 0 Å². The van der Waals surface area contributed by atoms with E-state index in [2.05, 4.69) is 10.6 Å². The molecule has 4 unspecified atom stereocenters. The molecule has 2 heterocycles. The molecule has 2 fully saturated rings. The van der Waals surface area contributed by atoms with Gasteiger partial charge in [0.2, 0.25) is 5.91 Å². The number of amides is 1. The zero-order valence-electron chi connectivity index (χ0n) is 10.8. The third-order valence-corrected chi connectivity index (χ3v) is 4.17. The van der Waals surface area contributed by atoms with Gasteiger partial charge in [-0.15, -0.1) is 0 Å². The fourth-order valence-corrected chi connectivity index (χ4v) is 2.99. The summed E-state index contributed by atoms with van der Waals surface area (Å²) < 4.78 is 0. The molecular weight excluding hydrogens is 232 g/mol. The Kier molecular flexibility index (Phi) is 4.22. The van der Waals surface area contributed by atoms with Crippen LogP contribution in [0.2, 0.25) is 0 Å². The summed E-state index contributed by atoms with van der Waals surface area (Å²) in [4.78, 5) is 22.6. The van der Waals surface area contributed by atoms with Gasteiger partial charge >= 0.3 is 5.97 Å². The highest BCUT2D eigenvalue weighted by molar-refractivity contribution is 5.80. The molecule has 102 valence electrons. The van der Waals surface area contributed by atoms with E-state index in [1.54, 1.807) is 6.92 Å². The van der Waals surface area contributed by atoms with Crippen molar-refractivity contribution in [3.05, 3.63) is 0 Å². The van der Waals surface area contributed by atoms with Gasteiger partial charge in [-0.3, -0.25) is 9.59 Å². The van der Waals surface area contributed by atoms with Crippen LogP contribution in [0, 0.1) is 11.8 Å². The van der Waals surface area contributed by atoms with Gasteiger partial charge in [-0.2, -0.15) is 0 Å². The summed E-state index contributed by atoms with van der Waals surface area (Å²) >= 11 is 0. The maximum Gasteiger partial charge on any atom is 0.306 e. The molecule has 5 heteroatoms. The average Bonchev–Trinajstić information content (AvgIpc) is 2.95. The number of aliphatic carboxylic acids is 1. The topological polar surface area (TPSA) is 78.4 Å². The third kappa shape index (κ3) is 3.02. The maximum absolute atomic E-state index is 11.9. The lowest BCUT2D eigenvalue weighted by molar-refractivity contribution is -0.141. The van der Waals surface area contributed by atoms with Crippen LogP contribution in [0.3, 0.4) is 0 Å². The van der Waals surface area contributed by atoms with Gasteiger partial charge in [-0.05, 0) is 32.1 Å². The summed E-state index contributed by atoms with van der Waals surface area (Å²) in [5, 5.41) is 15.1. The van der Waals surface area contributed by atoms with E-state index >= 15 is 0 Å². The minimum absolute atomic E-state index is 0.126. The van der Waals surface area contributed by atoms with Crippen molar-refractivity contribution in [1.82, 2.24) is 10.6 Å². The number of nitrogens with one attached hydrogen (secondary N) is 2. The molecule has 2 rings (SSSR count). The SMILES string of the molecule is CC(CCCNC(=O)C1CC2CCC1N2)C(=O)O. The van der Waals surface area contributed by atoms with Gasteiger partial charge in [-0.1, -0.05) is 6.92 Å². The molecule has 18 heavy (non-hydrogen) atoms. The zero-order valence-corrected chi connectivity index (χ0v) is 10.8. The van der Waals surface area contributed by atoms with Crippen LogP contribution in [0.15, 0.2) is 0 Å². The fraction of sp³-hybridized carbons (Fsp3) is 0.846. The molecule has 0 aliphatic carbocycles. The van der Waals surface area contributed by atoms with E-state index in [9.17, 15) is 9.59 Å². The van der Waals surface area contributed by atoms with Gasteiger partial charge < -0.3 is 15.7 Å². The number of carbonyl (C=O) groups excluding carboxylic acids is 1. The lowest BCUT2D eigenvalue weighted by Gasteiger charge is -2.19. The second-order valence-electron chi connectivity index (χ2n) is 5.56. The van der Waals surface area contributed by atoms with Gasteiger partial charge in [0, 0.05) is 18.6 Å². The maximum atomic E-state index is 11.9. The lowest BCUT2D eigenvalue weighted by Crippen LogP contribution is -2.38. The second kappa shape index (κ2) is 5.69. The molecule has 2 aliphatic heterocycles. The molecule has 0 saturated carbocycles. The molecule has 4 atom stereocenters. The molecule has 1 amide bonds. The van der Waals surface area contributed by atoms with Gasteiger partial charge in [0.05, 0.1) is 11.8 Å². The molecule has 3 N–H and O–H groups in total. The minimum Gasteiger partial charge on any atom is -0.481 e. The quantitative estimate of drug-likeness (QED) is 0.611. The van der Waals surface area contributed by atoms with E-state index in [0.29, 0.717) is 25.0 Å². The highest BCUT2D eigenvalue weighted by Gasteiger charge is 2.42. The van der Waals surface area contributed by atoms with Gasteiger partial charge in [-0.25, -0.2) is 0 Å². The number of hydrogen-bond acceptors (Lipinski definition) is 3. The van der Waals surface area contributed by atoms with Crippen molar-refractivity contribution in [2.75, 3.05) is 6.54 Å². The van der Waals surface area contributed by atoms with Crippen LogP contribution in [0.5, 0.6) is 0 Å². The Balaban J connectivity index is 1.62. The largest absolute Gasteiger partial charge is 0.481 e. The summed E-state index contributed by atoms with van der Waals surface area (Å²) in [6, 6.07) is 0.908. The van der Waals surface area contributed by atoms with E-state index in [1.807, 2.05) is 0 Å². The molecule has 5 nitrogen and oxygen atoms in total. The van der Waals surface area contributed by atoms with Crippen molar-refractivity contribution >= 4 is 11.9 Å². The summed E-state index contributed by atoms with van der Waals surface area (Å²) in [5.74, 6) is -0.831. The Morgan fingerprint density at radius 2 is 2.22 bits per heavy atom. The normalized spacial score (nSPS) is 31.3. The summed E-state index contributed by atoms with van der Waals surface area (Å²) in [5.41, 5.74) is 0. The minimum atomic E-state index is -0.765. The van der Waals surface area contributed by atoms with E-state index in [4.69, 9.17) is 5.11 Å². The van der Waals surface area contributed by atoms with Gasteiger partial charge in [0.1, 0.15) is 0 Å². The standard InChI is InChI=1S/C13H22N2O3/c1-8(13(17)18)3-2-6-14-12(16)10-7-9-4-5-11(10)15-9/h8-11,15H,2-7H2,1H3,(H,14,16)(H,17,18). The third-order valence-electron chi connectivity index (χ3n) is 4.17. The van der Waals surface area contributed by atoms with Crippen molar-refractivity contribution < 1.29 is 14.7 Å². The first-order valence-electron chi connectivity index (χ1n) is 6.84. The average molecular weight is 254 g/mol. The number of carboxylic acids is 1. The van der Waals surface area contributed by atoms with E-state index in [-0.39, 0.29) is 17.7 Å². The van der Waals surface area contributed by atoms with Gasteiger partial charge in [0.25, 0.3) is 0 Å². The Bertz CT molecular complexity index is 332. The highest BCUT2D eigenvalue weighted by Crippen LogP contribution is 2.33. The Hall–Kier alpha value is -1.10. The number of carbonyl (C=O) groups is 2. The van der Waals surface area contributed by atoms with Crippen LogP contribution in [0.1, 0.15) is 39.0 Å². The molecule has 2 bridgehead atoms.